The first kappa shape index (κ1) is 18.9. The number of nitrogens with zero attached hydrogens (tertiary/aromatic N) is 1. The largest absolute Gasteiger partial charge is 0.488 e. The topological polar surface area (TPSA) is 33.0 Å². The van der Waals surface area contributed by atoms with Gasteiger partial charge in [0.25, 0.3) is 0 Å². The second-order valence-electron chi connectivity index (χ2n) is 6.11. The fourth-order valence-corrected chi connectivity index (χ4v) is 3.11. The zero-order valence-corrected chi connectivity index (χ0v) is 16.3. The molecule has 0 unspecified atom stereocenters. The lowest BCUT2D eigenvalue weighted by Crippen LogP contribution is -1.98. The van der Waals surface area contributed by atoms with Gasteiger partial charge in [0.05, 0.1) is 11.6 Å². The van der Waals surface area contributed by atoms with Crippen LogP contribution in [0.1, 0.15) is 22.3 Å². The molecule has 3 rings (SSSR count). The zero-order chi connectivity index (χ0) is 19.2. The van der Waals surface area contributed by atoms with E-state index >= 15 is 0 Å². The van der Waals surface area contributed by atoms with Gasteiger partial charge in [0.1, 0.15) is 18.2 Å². The molecule has 3 aromatic rings. The van der Waals surface area contributed by atoms with Crippen LogP contribution in [0.2, 0.25) is 0 Å². The van der Waals surface area contributed by atoms with Crippen LogP contribution in [0.5, 0.6) is 5.75 Å². The summed E-state index contributed by atoms with van der Waals surface area (Å²) in [5.74, 6) is 0.200. The maximum absolute atomic E-state index is 14.1. The summed E-state index contributed by atoms with van der Waals surface area (Å²) in [5.41, 5.74) is 3.44. The van der Waals surface area contributed by atoms with Crippen molar-refractivity contribution in [1.29, 1.82) is 5.26 Å². The summed E-state index contributed by atoms with van der Waals surface area (Å²) in [7, 11) is 0. The molecule has 0 atom stereocenters. The van der Waals surface area contributed by atoms with Crippen molar-refractivity contribution in [3.8, 4) is 11.8 Å². The molecule has 0 fully saturated rings. The number of rotatable bonds is 5. The minimum Gasteiger partial charge on any atom is -0.488 e. The van der Waals surface area contributed by atoms with E-state index in [0.29, 0.717) is 17.9 Å². The Morgan fingerprint density at radius 1 is 1.11 bits per heavy atom. The monoisotopic (exact) mass is 421 g/mol. The molecule has 0 N–H and O–H groups in total. The lowest BCUT2D eigenvalue weighted by atomic mass is 10.0. The van der Waals surface area contributed by atoms with E-state index in [1.165, 1.54) is 11.6 Å². The van der Waals surface area contributed by atoms with Crippen LogP contribution in [0, 0.1) is 24.1 Å². The number of hydrogen-bond donors (Lipinski definition) is 0. The first-order chi connectivity index (χ1) is 13.1. The molecule has 0 bridgehead atoms. The van der Waals surface area contributed by atoms with Crippen LogP contribution in [0.3, 0.4) is 0 Å². The number of allylic oxidation sites excluding steroid dienone is 1. The Hall–Kier alpha value is -2.90. The molecule has 0 amide bonds. The number of aryl methyl sites for hydroxylation is 1. The Bertz CT molecular complexity index is 1040. The summed E-state index contributed by atoms with van der Waals surface area (Å²) in [5, 5.41) is 9.53. The highest BCUT2D eigenvalue weighted by Gasteiger charge is 2.10. The van der Waals surface area contributed by atoms with Gasteiger partial charge < -0.3 is 4.74 Å². The van der Waals surface area contributed by atoms with Crippen molar-refractivity contribution < 1.29 is 9.13 Å². The standard InChI is InChI=1S/C23H17BrFNO/c1-16-5-4-6-17(11-16)15-27-23-10-9-20(24)13-18(23)12-19(14-26)21-7-2-3-8-22(21)25/h2-13H,15H2,1H3/b19-12-. The lowest BCUT2D eigenvalue weighted by Gasteiger charge is -2.11. The van der Waals surface area contributed by atoms with E-state index in [9.17, 15) is 9.65 Å². The summed E-state index contributed by atoms with van der Waals surface area (Å²) in [4.78, 5) is 0. The fourth-order valence-electron chi connectivity index (χ4n) is 2.73. The van der Waals surface area contributed by atoms with Crippen molar-refractivity contribution in [3.05, 3.63) is 99.3 Å². The second-order valence-corrected chi connectivity index (χ2v) is 7.03. The highest BCUT2D eigenvalue weighted by Crippen LogP contribution is 2.29. The molecule has 0 radical (unpaired) electrons. The minimum absolute atomic E-state index is 0.242. The van der Waals surface area contributed by atoms with Crippen LogP contribution in [-0.2, 0) is 6.61 Å². The molecule has 0 spiro atoms. The van der Waals surface area contributed by atoms with E-state index in [0.717, 1.165) is 10.0 Å². The lowest BCUT2D eigenvalue weighted by molar-refractivity contribution is 0.305. The Morgan fingerprint density at radius 2 is 1.93 bits per heavy atom. The smallest absolute Gasteiger partial charge is 0.131 e. The molecule has 134 valence electrons. The van der Waals surface area contributed by atoms with Crippen LogP contribution >= 0.6 is 15.9 Å². The maximum Gasteiger partial charge on any atom is 0.131 e. The van der Waals surface area contributed by atoms with Crippen LogP contribution in [0.15, 0.2) is 71.2 Å². The number of benzene rings is 3. The fraction of sp³-hybridized carbons (Fsp3) is 0.0870. The Morgan fingerprint density at radius 3 is 2.67 bits per heavy atom. The molecule has 0 saturated carbocycles. The average molecular weight is 422 g/mol. The van der Waals surface area contributed by atoms with E-state index in [4.69, 9.17) is 4.74 Å². The molecule has 3 aromatic carbocycles. The second kappa shape index (κ2) is 8.66. The quantitative estimate of drug-likeness (QED) is 0.346. The van der Waals surface area contributed by atoms with E-state index in [1.807, 2.05) is 43.3 Å². The van der Waals surface area contributed by atoms with Crippen LogP contribution in [0.25, 0.3) is 11.6 Å². The number of hydrogen-bond acceptors (Lipinski definition) is 2. The van der Waals surface area contributed by atoms with E-state index in [1.54, 1.807) is 24.3 Å². The summed E-state index contributed by atoms with van der Waals surface area (Å²) in [6, 6.07) is 22.0. The van der Waals surface area contributed by atoms with E-state index in [2.05, 4.69) is 28.1 Å². The van der Waals surface area contributed by atoms with Crippen molar-refractivity contribution in [1.82, 2.24) is 0 Å². The van der Waals surface area contributed by atoms with Gasteiger partial charge >= 0.3 is 0 Å². The first-order valence-electron chi connectivity index (χ1n) is 8.41. The third kappa shape index (κ3) is 4.84. The van der Waals surface area contributed by atoms with Crippen molar-refractivity contribution in [2.45, 2.75) is 13.5 Å². The molecule has 2 nitrogen and oxygen atoms in total. The highest BCUT2D eigenvalue weighted by atomic mass is 79.9. The molecule has 0 aliphatic heterocycles. The van der Waals surface area contributed by atoms with Crippen LogP contribution < -0.4 is 4.74 Å². The molecular formula is C23H17BrFNO. The highest BCUT2D eigenvalue weighted by molar-refractivity contribution is 9.10. The van der Waals surface area contributed by atoms with Crippen molar-refractivity contribution >= 4 is 27.6 Å². The van der Waals surface area contributed by atoms with Gasteiger partial charge in [-0.3, -0.25) is 0 Å². The normalized spacial score (nSPS) is 11.1. The summed E-state index contributed by atoms with van der Waals surface area (Å²) < 4.78 is 20.9. The maximum atomic E-state index is 14.1. The molecule has 0 aliphatic carbocycles. The molecule has 0 saturated heterocycles. The summed E-state index contributed by atoms with van der Waals surface area (Å²) in [6.07, 6.45) is 1.65. The summed E-state index contributed by atoms with van der Waals surface area (Å²) >= 11 is 3.44. The molecule has 27 heavy (non-hydrogen) atoms. The number of nitriles is 1. The number of ether oxygens (including phenoxy) is 1. The van der Waals surface area contributed by atoms with Gasteiger partial charge in [0.2, 0.25) is 0 Å². The molecule has 0 heterocycles. The van der Waals surface area contributed by atoms with Gasteiger partial charge in [-0.1, -0.05) is 64.0 Å². The molecular weight excluding hydrogens is 405 g/mol. The Balaban J connectivity index is 1.94. The van der Waals surface area contributed by atoms with Gasteiger partial charge in [0, 0.05) is 15.6 Å². The number of halogens is 2. The Kier molecular flexibility index (Phi) is 6.05. The van der Waals surface area contributed by atoms with Gasteiger partial charge in [-0.05, 0) is 42.8 Å². The predicted molar refractivity (Wildman–Crippen MR) is 110 cm³/mol. The predicted octanol–water partition coefficient (Wildman–Crippen LogP) is 6.54. The summed E-state index contributed by atoms with van der Waals surface area (Å²) in [6.45, 7) is 2.44. The molecule has 4 heteroatoms. The van der Waals surface area contributed by atoms with Crippen molar-refractivity contribution in [2.24, 2.45) is 0 Å². The van der Waals surface area contributed by atoms with E-state index < -0.39 is 5.82 Å². The third-order valence-electron chi connectivity index (χ3n) is 4.03. The minimum atomic E-state index is -0.428. The van der Waals surface area contributed by atoms with Crippen molar-refractivity contribution in [2.75, 3.05) is 0 Å². The van der Waals surface area contributed by atoms with Crippen LogP contribution in [-0.4, -0.2) is 0 Å². The molecule has 0 aromatic heterocycles. The van der Waals surface area contributed by atoms with Gasteiger partial charge in [-0.2, -0.15) is 5.26 Å². The van der Waals surface area contributed by atoms with Gasteiger partial charge in [0.15, 0.2) is 0 Å². The third-order valence-corrected chi connectivity index (χ3v) is 4.53. The SMILES string of the molecule is Cc1cccc(COc2ccc(Br)cc2/C=C(/C#N)c2ccccc2F)c1. The molecule has 0 aliphatic rings. The van der Waals surface area contributed by atoms with Crippen molar-refractivity contribution in [3.63, 3.8) is 0 Å². The van der Waals surface area contributed by atoms with Gasteiger partial charge in [-0.25, -0.2) is 4.39 Å². The Labute approximate surface area is 166 Å². The van der Waals surface area contributed by atoms with E-state index in [-0.39, 0.29) is 11.1 Å². The zero-order valence-electron chi connectivity index (χ0n) is 14.7. The average Bonchev–Trinajstić information content (AvgIpc) is 2.66. The van der Waals surface area contributed by atoms with Crippen LogP contribution in [0.4, 0.5) is 4.39 Å². The first-order valence-corrected chi connectivity index (χ1v) is 9.21. The van der Waals surface area contributed by atoms with Gasteiger partial charge in [-0.15, -0.1) is 0 Å².